The number of hydrogen-bond acceptors (Lipinski definition) is 13. The average molecular weight is 629 g/mol. The molecule has 1 N–H and O–H groups in total. The topological polar surface area (TPSA) is 147 Å². The Labute approximate surface area is 259 Å². The highest BCUT2D eigenvalue weighted by atomic mass is 16.7. The van der Waals surface area contributed by atoms with Crippen LogP contribution in [0.25, 0.3) is 21.9 Å². The molecule has 3 aromatic rings. The molecular formula is C32H36O13. The third-order valence-corrected chi connectivity index (χ3v) is 7.60. The third kappa shape index (κ3) is 5.91. The predicted octanol–water partition coefficient (Wildman–Crippen LogP) is 3.73. The molecule has 2 heterocycles. The maximum Gasteiger partial charge on any atom is 0.342 e. The van der Waals surface area contributed by atoms with E-state index in [-0.39, 0.29) is 43.5 Å². The number of methoxy groups -OCH3 is 4. The average Bonchev–Trinajstić information content (AvgIpc) is 3.52. The molecule has 2 aliphatic rings. The molecule has 0 spiro atoms. The minimum absolute atomic E-state index is 0.00626. The zero-order chi connectivity index (χ0) is 32.2. The number of carbonyl (C=O) groups excluding carboxylic acids is 2. The van der Waals surface area contributed by atoms with Crippen molar-refractivity contribution in [3.8, 4) is 39.9 Å². The van der Waals surface area contributed by atoms with Crippen molar-refractivity contribution in [3.63, 3.8) is 0 Å². The van der Waals surface area contributed by atoms with Gasteiger partial charge >= 0.3 is 11.9 Å². The SMILES string of the molecule is CCOC(=O)c1c(C(=O)OCC)c(-c2ccc3c(c2)OCO3)c2cc(OC)c(OC)cc2c1OC1OC[C@@H](OC)[C@H](OC)[C@H]1O. The van der Waals surface area contributed by atoms with Crippen molar-refractivity contribution in [1.82, 2.24) is 0 Å². The summed E-state index contributed by atoms with van der Waals surface area (Å²) in [6.07, 6.45) is -4.09. The summed E-state index contributed by atoms with van der Waals surface area (Å²) in [6, 6.07) is 8.42. The van der Waals surface area contributed by atoms with Gasteiger partial charge in [-0.1, -0.05) is 6.07 Å². The van der Waals surface area contributed by atoms with Crippen LogP contribution in [0.3, 0.4) is 0 Å². The molecule has 0 bridgehead atoms. The van der Waals surface area contributed by atoms with Gasteiger partial charge in [-0.05, 0) is 49.1 Å². The first-order chi connectivity index (χ1) is 21.8. The number of aliphatic hydroxyl groups is 1. The van der Waals surface area contributed by atoms with Gasteiger partial charge in [-0.3, -0.25) is 0 Å². The minimum atomic E-state index is -1.35. The van der Waals surface area contributed by atoms with Crippen LogP contribution in [0.4, 0.5) is 0 Å². The third-order valence-electron chi connectivity index (χ3n) is 7.60. The van der Waals surface area contributed by atoms with Gasteiger partial charge in [0, 0.05) is 25.2 Å². The second-order valence-corrected chi connectivity index (χ2v) is 10.0. The monoisotopic (exact) mass is 628 g/mol. The van der Waals surface area contributed by atoms with Gasteiger partial charge in [0.2, 0.25) is 13.1 Å². The van der Waals surface area contributed by atoms with Crippen LogP contribution in [0.1, 0.15) is 34.6 Å². The van der Waals surface area contributed by atoms with E-state index in [0.717, 1.165) is 0 Å². The number of hydrogen-bond donors (Lipinski definition) is 1. The number of rotatable bonds is 11. The first kappa shape index (κ1) is 32.1. The van der Waals surface area contributed by atoms with Crippen LogP contribution in [0.2, 0.25) is 0 Å². The summed E-state index contributed by atoms with van der Waals surface area (Å²) < 4.78 is 56.4. The molecule has 242 valence electrons. The highest BCUT2D eigenvalue weighted by molar-refractivity contribution is 6.19. The molecule has 13 nitrogen and oxygen atoms in total. The summed E-state index contributed by atoms with van der Waals surface area (Å²) in [5.74, 6) is -0.155. The van der Waals surface area contributed by atoms with E-state index in [0.29, 0.717) is 44.9 Å². The van der Waals surface area contributed by atoms with Crippen LogP contribution in [0.5, 0.6) is 28.7 Å². The molecular weight excluding hydrogens is 592 g/mol. The van der Waals surface area contributed by atoms with Crippen molar-refractivity contribution in [3.05, 3.63) is 41.5 Å². The summed E-state index contributed by atoms with van der Waals surface area (Å²) in [5.41, 5.74) is 0.457. The van der Waals surface area contributed by atoms with Crippen LogP contribution in [0, 0.1) is 0 Å². The van der Waals surface area contributed by atoms with Crippen molar-refractivity contribution in [2.75, 3.05) is 55.1 Å². The highest BCUT2D eigenvalue weighted by Crippen LogP contribution is 2.48. The maximum atomic E-state index is 13.9. The Hall–Kier alpha value is -4.30. The first-order valence-electron chi connectivity index (χ1n) is 14.3. The molecule has 45 heavy (non-hydrogen) atoms. The lowest BCUT2D eigenvalue weighted by Crippen LogP contribution is -2.56. The fourth-order valence-corrected chi connectivity index (χ4v) is 5.53. The molecule has 0 aromatic heterocycles. The first-order valence-corrected chi connectivity index (χ1v) is 14.3. The summed E-state index contributed by atoms with van der Waals surface area (Å²) >= 11 is 0. The standard InChI is InChI=1S/C32H36O13/c1-7-40-30(34)25-24(16-9-10-19-22(11-16)44-15-43-19)17-12-20(36-3)21(37-4)13-18(17)28(26(25)31(35)41-8-2)45-32-27(33)29(39-6)23(38-5)14-42-32/h9-13,23,27,29,32-33H,7-8,14-15H2,1-6H3/t23-,27-,29+,32?/m1/s1. The quantitative estimate of drug-likeness (QED) is 0.308. The molecule has 2 aliphatic heterocycles. The van der Waals surface area contributed by atoms with E-state index in [4.69, 9.17) is 47.4 Å². The summed E-state index contributed by atoms with van der Waals surface area (Å²) in [6.45, 7) is 3.34. The Morgan fingerprint density at radius 2 is 1.49 bits per heavy atom. The van der Waals surface area contributed by atoms with Crippen molar-refractivity contribution in [2.45, 2.75) is 38.4 Å². The second-order valence-electron chi connectivity index (χ2n) is 10.0. The fourth-order valence-electron chi connectivity index (χ4n) is 5.53. The second kappa shape index (κ2) is 13.8. The van der Waals surface area contributed by atoms with Crippen LogP contribution in [-0.4, -0.2) is 96.7 Å². The Kier molecular flexibility index (Phi) is 9.83. The molecule has 0 radical (unpaired) electrons. The highest BCUT2D eigenvalue weighted by Gasteiger charge is 2.43. The number of fused-ring (bicyclic) bond motifs is 2. The molecule has 4 atom stereocenters. The van der Waals surface area contributed by atoms with E-state index >= 15 is 0 Å². The fraction of sp³-hybridized carbons (Fsp3) is 0.438. The number of aliphatic hydroxyl groups excluding tert-OH is 1. The van der Waals surface area contributed by atoms with Crippen molar-refractivity contribution < 1.29 is 62.1 Å². The van der Waals surface area contributed by atoms with Crippen LogP contribution < -0.4 is 23.7 Å². The van der Waals surface area contributed by atoms with Gasteiger partial charge in [0.25, 0.3) is 0 Å². The zero-order valence-corrected chi connectivity index (χ0v) is 25.9. The molecule has 0 saturated carbocycles. The van der Waals surface area contributed by atoms with E-state index < -0.39 is 36.5 Å². The maximum absolute atomic E-state index is 13.9. The molecule has 1 saturated heterocycles. The summed E-state index contributed by atoms with van der Waals surface area (Å²) in [7, 11) is 5.84. The van der Waals surface area contributed by atoms with E-state index in [2.05, 4.69) is 0 Å². The summed E-state index contributed by atoms with van der Waals surface area (Å²) in [5, 5.41) is 12.0. The van der Waals surface area contributed by atoms with Gasteiger partial charge in [-0.2, -0.15) is 0 Å². The van der Waals surface area contributed by atoms with Gasteiger partial charge in [0.15, 0.2) is 23.0 Å². The molecule has 0 aliphatic carbocycles. The molecule has 1 fully saturated rings. The van der Waals surface area contributed by atoms with Crippen LogP contribution in [0.15, 0.2) is 30.3 Å². The van der Waals surface area contributed by atoms with Gasteiger partial charge in [0.05, 0.1) is 39.6 Å². The van der Waals surface area contributed by atoms with E-state index in [1.807, 2.05) is 0 Å². The normalized spacial score (nSPS) is 20.5. The predicted molar refractivity (Wildman–Crippen MR) is 158 cm³/mol. The number of benzene rings is 3. The van der Waals surface area contributed by atoms with Gasteiger partial charge < -0.3 is 52.5 Å². The largest absolute Gasteiger partial charge is 0.493 e. The van der Waals surface area contributed by atoms with Crippen LogP contribution >= 0.6 is 0 Å². The Bertz CT molecular complexity index is 1570. The van der Waals surface area contributed by atoms with E-state index in [9.17, 15) is 14.7 Å². The molecule has 13 heteroatoms. The molecule has 1 unspecified atom stereocenters. The summed E-state index contributed by atoms with van der Waals surface area (Å²) in [4.78, 5) is 27.8. The Balaban J connectivity index is 1.87. The van der Waals surface area contributed by atoms with Gasteiger partial charge in [-0.15, -0.1) is 0 Å². The lowest BCUT2D eigenvalue weighted by molar-refractivity contribution is -0.252. The molecule has 3 aromatic carbocycles. The number of ether oxygens (including phenoxy) is 10. The smallest absolute Gasteiger partial charge is 0.342 e. The Morgan fingerprint density at radius 1 is 0.844 bits per heavy atom. The lowest BCUT2D eigenvalue weighted by Gasteiger charge is -2.38. The molecule has 0 amide bonds. The lowest BCUT2D eigenvalue weighted by atomic mass is 9.88. The van der Waals surface area contributed by atoms with Crippen LogP contribution in [-0.2, 0) is 23.7 Å². The van der Waals surface area contributed by atoms with Crippen molar-refractivity contribution in [1.29, 1.82) is 0 Å². The van der Waals surface area contributed by atoms with E-state index in [1.165, 1.54) is 28.4 Å². The number of esters is 2. The van der Waals surface area contributed by atoms with Gasteiger partial charge in [0.1, 0.15) is 29.6 Å². The van der Waals surface area contributed by atoms with Crippen molar-refractivity contribution >= 4 is 22.7 Å². The minimum Gasteiger partial charge on any atom is -0.493 e. The van der Waals surface area contributed by atoms with E-state index in [1.54, 1.807) is 44.2 Å². The zero-order valence-electron chi connectivity index (χ0n) is 25.9. The van der Waals surface area contributed by atoms with Crippen molar-refractivity contribution in [2.24, 2.45) is 0 Å². The molecule has 5 rings (SSSR count). The Morgan fingerprint density at radius 3 is 2.11 bits per heavy atom. The van der Waals surface area contributed by atoms with Gasteiger partial charge in [-0.25, -0.2) is 9.59 Å². The number of carbonyl (C=O) groups is 2.